The Balaban J connectivity index is 1.61. The Morgan fingerprint density at radius 1 is 1.00 bits per heavy atom. The fourth-order valence-corrected chi connectivity index (χ4v) is 5.15. The van der Waals surface area contributed by atoms with Gasteiger partial charge in [-0.1, -0.05) is 6.07 Å². The molecule has 0 spiro atoms. The van der Waals surface area contributed by atoms with Crippen LogP contribution in [0.2, 0.25) is 0 Å². The lowest BCUT2D eigenvalue weighted by Crippen LogP contribution is -2.30. The molecule has 4 aromatic rings. The van der Waals surface area contributed by atoms with E-state index in [2.05, 4.69) is 31.2 Å². The zero-order valence-electron chi connectivity index (χ0n) is 21.8. The van der Waals surface area contributed by atoms with Gasteiger partial charge in [-0.05, 0) is 78.9 Å². The Morgan fingerprint density at radius 3 is 2.49 bits per heavy atom. The summed E-state index contributed by atoms with van der Waals surface area (Å²) in [5.74, 6) is 1.03. The number of nitrogens with one attached hydrogen (secondary N) is 2. The molecule has 1 aliphatic heterocycles. The average Bonchev–Trinajstić information content (AvgIpc) is 3.58. The molecule has 0 saturated carbocycles. The van der Waals surface area contributed by atoms with Gasteiger partial charge in [-0.15, -0.1) is 0 Å². The van der Waals surface area contributed by atoms with Gasteiger partial charge in [-0.25, -0.2) is 0 Å². The molecule has 2 aromatic carbocycles. The van der Waals surface area contributed by atoms with Gasteiger partial charge in [0.1, 0.15) is 24.1 Å². The highest BCUT2D eigenvalue weighted by atomic mass is 32.1. The van der Waals surface area contributed by atoms with Crippen LogP contribution in [-0.2, 0) is 9.53 Å². The summed E-state index contributed by atoms with van der Waals surface area (Å²) < 4.78 is 18.0. The molecule has 1 aliphatic rings. The Hall–Kier alpha value is -4.41. The highest BCUT2D eigenvalue weighted by Crippen LogP contribution is 2.43. The number of nitrogens with zero attached hydrogens (tertiary/aromatic N) is 3. The molecule has 0 radical (unpaired) electrons. The van der Waals surface area contributed by atoms with Crippen molar-refractivity contribution in [3.63, 3.8) is 0 Å². The Morgan fingerprint density at radius 2 is 1.79 bits per heavy atom. The highest BCUT2D eigenvalue weighted by Gasteiger charge is 2.42. The molecule has 1 saturated heterocycles. The largest absolute Gasteiger partial charge is 0.497 e. The fourth-order valence-electron chi connectivity index (χ4n) is 4.81. The minimum Gasteiger partial charge on any atom is -0.497 e. The summed E-state index contributed by atoms with van der Waals surface area (Å²) in [7, 11) is 4.68. The highest BCUT2D eigenvalue weighted by molar-refractivity contribution is 7.80. The summed E-state index contributed by atoms with van der Waals surface area (Å²) in [4.78, 5) is 19.0. The number of aromatic nitrogens is 2. The van der Waals surface area contributed by atoms with E-state index >= 15 is 0 Å². The van der Waals surface area contributed by atoms with E-state index in [1.807, 2.05) is 72.9 Å². The molecule has 1 amide bonds. The molecule has 10 heteroatoms. The first-order valence-corrected chi connectivity index (χ1v) is 12.7. The van der Waals surface area contributed by atoms with Gasteiger partial charge in [0.2, 0.25) is 5.91 Å². The quantitative estimate of drug-likeness (QED) is 0.295. The molecule has 2 aromatic heterocycles. The van der Waals surface area contributed by atoms with Gasteiger partial charge in [0.25, 0.3) is 0 Å². The van der Waals surface area contributed by atoms with Crippen LogP contribution in [0, 0.1) is 0 Å². The van der Waals surface area contributed by atoms with Crippen LogP contribution in [0.25, 0.3) is 5.69 Å². The molecule has 0 aliphatic carbocycles. The monoisotopic (exact) mass is 543 g/mol. The Labute approximate surface area is 232 Å². The average molecular weight is 544 g/mol. The van der Waals surface area contributed by atoms with Crippen LogP contribution >= 0.6 is 12.2 Å². The van der Waals surface area contributed by atoms with Crippen molar-refractivity contribution in [3.05, 3.63) is 96.6 Å². The number of amides is 1. The SMILES string of the molecule is COCC(=O)Nc1cc(N2C(=S)NC(c3ccccn3)C2c2cccn2-c2ccc(OC)cc2)ccc1OC. The number of ether oxygens (including phenoxy) is 3. The zero-order chi connectivity index (χ0) is 27.4. The molecule has 5 rings (SSSR count). The van der Waals surface area contributed by atoms with Crippen molar-refractivity contribution >= 4 is 34.6 Å². The third-order valence-corrected chi connectivity index (χ3v) is 6.86. The predicted molar refractivity (Wildman–Crippen MR) is 154 cm³/mol. The van der Waals surface area contributed by atoms with Gasteiger partial charge in [0.05, 0.1) is 31.6 Å². The van der Waals surface area contributed by atoms with E-state index in [1.165, 1.54) is 7.11 Å². The van der Waals surface area contributed by atoms with Crippen LogP contribution in [0.15, 0.2) is 85.2 Å². The summed E-state index contributed by atoms with van der Waals surface area (Å²) in [6.45, 7) is -0.0726. The van der Waals surface area contributed by atoms with Crippen molar-refractivity contribution in [1.29, 1.82) is 0 Å². The third-order valence-electron chi connectivity index (χ3n) is 6.54. The lowest BCUT2D eigenvalue weighted by atomic mass is 10.0. The van der Waals surface area contributed by atoms with Crippen LogP contribution in [0.1, 0.15) is 23.5 Å². The zero-order valence-corrected chi connectivity index (χ0v) is 22.6. The number of hydrogen-bond acceptors (Lipinski definition) is 6. The van der Waals surface area contributed by atoms with Crippen LogP contribution in [-0.4, -0.2) is 48.5 Å². The summed E-state index contributed by atoms with van der Waals surface area (Å²) >= 11 is 5.90. The number of carbonyl (C=O) groups is 1. The summed E-state index contributed by atoms with van der Waals surface area (Å²) in [5.41, 5.74) is 4.15. The standard InChI is InChI=1S/C29H29N5O4S/c1-36-18-26(35)31-23-17-20(11-14-25(23)38-3)34-28(27(32-29(34)39)22-7-4-5-15-30-22)24-8-6-16-33(24)19-9-12-21(37-2)13-10-19/h4-17,27-28H,18H2,1-3H3,(H,31,35)(H,32,39). The van der Waals surface area contributed by atoms with Gasteiger partial charge in [-0.3, -0.25) is 9.78 Å². The molecule has 2 N–H and O–H groups in total. The number of hydrogen-bond donors (Lipinski definition) is 2. The normalized spacial score (nSPS) is 16.6. The maximum absolute atomic E-state index is 12.3. The smallest absolute Gasteiger partial charge is 0.250 e. The molecule has 0 bridgehead atoms. The topological polar surface area (TPSA) is 89.9 Å². The van der Waals surface area contributed by atoms with Crippen molar-refractivity contribution < 1.29 is 19.0 Å². The van der Waals surface area contributed by atoms with Crippen LogP contribution in [0.4, 0.5) is 11.4 Å². The summed E-state index contributed by atoms with van der Waals surface area (Å²) in [5, 5.41) is 6.90. The lowest BCUT2D eigenvalue weighted by molar-refractivity contribution is -0.119. The third kappa shape index (κ3) is 5.29. The van der Waals surface area contributed by atoms with E-state index < -0.39 is 0 Å². The van der Waals surface area contributed by atoms with Gasteiger partial charge < -0.3 is 34.3 Å². The van der Waals surface area contributed by atoms with Crippen molar-refractivity contribution in [2.24, 2.45) is 0 Å². The molecule has 2 atom stereocenters. The number of pyridine rings is 1. The number of carbonyl (C=O) groups excluding carboxylic acids is 1. The van der Waals surface area contributed by atoms with Crippen LogP contribution in [0.3, 0.4) is 0 Å². The first-order valence-electron chi connectivity index (χ1n) is 12.3. The second-order valence-corrected chi connectivity index (χ2v) is 9.25. The van der Waals surface area contributed by atoms with Crippen LogP contribution < -0.4 is 25.0 Å². The maximum atomic E-state index is 12.3. The molecule has 200 valence electrons. The van der Waals surface area contributed by atoms with E-state index in [1.54, 1.807) is 20.4 Å². The van der Waals surface area contributed by atoms with Gasteiger partial charge in [0, 0.05) is 36.6 Å². The number of anilines is 2. The van der Waals surface area contributed by atoms with E-state index in [9.17, 15) is 4.79 Å². The van der Waals surface area contributed by atoms with E-state index in [-0.39, 0.29) is 24.6 Å². The summed E-state index contributed by atoms with van der Waals surface area (Å²) in [6, 6.07) is 22.9. The lowest BCUT2D eigenvalue weighted by Gasteiger charge is -2.29. The van der Waals surface area contributed by atoms with Gasteiger partial charge in [0.15, 0.2) is 5.11 Å². The van der Waals surface area contributed by atoms with E-state index in [4.69, 9.17) is 26.4 Å². The molecule has 39 heavy (non-hydrogen) atoms. The Bertz CT molecular complexity index is 1460. The van der Waals surface area contributed by atoms with Crippen molar-refractivity contribution in [2.75, 3.05) is 38.2 Å². The number of thiocarbonyl (C=S) groups is 1. The molecule has 9 nitrogen and oxygen atoms in total. The van der Waals surface area contributed by atoms with E-state index in [0.717, 1.165) is 28.5 Å². The van der Waals surface area contributed by atoms with E-state index in [0.29, 0.717) is 16.5 Å². The molecule has 1 fully saturated rings. The van der Waals surface area contributed by atoms with Gasteiger partial charge >= 0.3 is 0 Å². The van der Waals surface area contributed by atoms with Crippen molar-refractivity contribution in [1.82, 2.24) is 14.9 Å². The minimum atomic E-state index is -0.286. The van der Waals surface area contributed by atoms with Crippen molar-refractivity contribution in [2.45, 2.75) is 12.1 Å². The van der Waals surface area contributed by atoms with Crippen molar-refractivity contribution in [3.8, 4) is 17.2 Å². The molecular formula is C29H29N5O4S. The maximum Gasteiger partial charge on any atom is 0.250 e. The number of methoxy groups -OCH3 is 3. The molecule has 3 heterocycles. The second-order valence-electron chi connectivity index (χ2n) is 8.86. The molecule has 2 unspecified atom stereocenters. The Kier molecular flexibility index (Phi) is 7.76. The minimum absolute atomic E-state index is 0.0726. The second kappa shape index (κ2) is 11.5. The summed E-state index contributed by atoms with van der Waals surface area (Å²) in [6.07, 6.45) is 3.80. The fraction of sp³-hybridized carbons (Fsp3) is 0.207. The van der Waals surface area contributed by atoms with Crippen LogP contribution in [0.5, 0.6) is 11.5 Å². The number of rotatable bonds is 9. The number of benzene rings is 2. The first kappa shape index (κ1) is 26.2. The molecular weight excluding hydrogens is 514 g/mol. The van der Waals surface area contributed by atoms with Gasteiger partial charge in [-0.2, -0.15) is 0 Å². The predicted octanol–water partition coefficient (Wildman–Crippen LogP) is 4.65. The first-order chi connectivity index (χ1) is 19.0.